The third-order valence-corrected chi connectivity index (χ3v) is 1.50. The van der Waals surface area contributed by atoms with E-state index in [9.17, 15) is 0 Å². The van der Waals surface area contributed by atoms with Gasteiger partial charge in [-0.05, 0) is 35.6 Å². The summed E-state index contributed by atoms with van der Waals surface area (Å²) in [6.45, 7) is -6.06. The molecule has 12 heavy (non-hydrogen) atoms. The first-order valence-corrected chi connectivity index (χ1v) is 3.25. The summed E-state index contributed by atoms with van der Waals surface area (Å²) in [5, 5.41) is -1.02. The van der Waals surface area contributed by atoms with E-state index in [0.29, 0.717) is 0 Å². The van der Waals surface area contributed by atoms with Crippen LogP contribution in [0.3, 0.4) is 0 Å². The number of hydrogen-bond acceptors (Lipinski definition) is 0. The molecule has 0 aliphatic carbocycles. The van der Waals surface area contributed by atoms with Crippen LogP contribution in [0, 0.1) is 13.7 Å². The van der Waals surface area contributed by atoms with E-state index in [1.165, 1.54) is 0 Å². The Morgan fingerprint density at radius 1 is 1.08 bits per heavy atom. The Morgan fingerprint density at radius 3 is 2.83 bits per heavy atom. The molecule has 0 aliphatic rings. The van der Waals surface area contributed by atoms with Crippen molar-refractivity contribution in [3.63, 3.8) is 0 Å². The summed E-state index contributed by atoms with van der Waals surface area (Å²) in [7, 11) is 0. The lowest BCUT2D eigenvalue weighted by Gasteiger charge is -2.04. The normalized spacial score (nSPS) is 27.0. The average molecular weight is 168 g/mol. The molecule has 60 valence electrons. The first kappa shape index (κ1) is 1.79. The Hall–Kier alpha value is -1.30. The van der Waals surface area contributed by atoms with Crippen LogP contribution in [0.5, 0.6) is 0 Å². The van der Waals surface area contributed by atoms with Gasteiger partial charge in [0, 0.05) is 8.22 Å². The van der Waals surface area contributed by atoms with Gasteiger partial charge >= 0.3 is 0 Å². The zero-order valence-corrected chi connectivity index (χ0v) is 6.00. The van der Waals surface area contributed by atoms with Crippen molar-refractivity contribution >= 4 is 10.8 Å². The van der Waals surface area contributed by atoms with E-state index in [4.69, 9.17) is 16.4 Å². The van der Waals surface area contributed by atoms with Gasteiger partial charge in [0.2, 0.25) is 0 Å². The molecule has 0 nitrogen and oxygen atoms in total. The van der Waals surface area contributed by atoms with E-state index < -0.39 is 71.9 Å². The van der Waals surface area contributed by atoms with Crippen molar-refractivity contribution < 1.29 is 16.4 Å². The van der Waals surface area contributed by atoms with Crippen molar-refractivity contribution in [1.82, 2.24) is 0 Å². The monoisotopic (exact) mass is 168 g/mol. The van der Waals surface area contributed by atoms with E-state index in [2.05, 4.69) is 0 Å². The highest BCUT2D eigenvalue weighted by Gasteiger charge is 1.97. The largest absolute Gasteiger partial charge is 0.0629 e. The fraction of sp³-hybridized carbons (Fsp3) is 0.167. The van der Waals surface area contributed by atoms with E-state index in [1.807, 2.05) is 0 Å². The molecule has 0 fully saturated rings. The molecule has 0 N–H and O–H groups in total. The molecule has 0 saturated heterocycles. The first-order valence-electron chi connectivity index (χ1n) is 9.25. The standard InChI is InChI=1S/C12H12/c1-9-7-8-11-5-3-4-6-12(11)10(9)2/h3-8H,1-2H3/i1D3,2D3,3D,4D,5D,6D,7D,8D. The third-order valence-electron chi connectivity index (χ3n) is 1.50. The molecule has 2 aromatic rings. The summed E-state index contributed by atoms with van der Waals surface area (Å²) in [6.07, 6.45) is 0. The highest BCUT2D eigenvalue weighted by atomic mass is 14.0. The minimum atomic E-state index is -3.04. The lowest BCUT2D eigenvalue weighted by Crippen LogP contribution is -1.82. The zero-order chi connectivity index (χ0) is 18.8. The van der Waals surface area contributed by atoms with Gasteiger partial charge in [-0.3, -0.25) is 0 Å². The van der Waals surface area contributed by atoms with E-state index in [0.717, 1.165) is 0 Å². The molecule has 0 aromatic heterocycles. The highest BCUT2D eigenvalue weighted by Crippen LogP contribution is 2.20. The van der Waals surface area contributed by atoms with Crippen LogP contribution in [0.15, 0.2) is 36.3 Å². The molecule has 2 aromatic carbocycles. The summed E-state index contributed by atoms with van der Waals surface area (Å²) in [5.41, 5.74) is -1.71. The molecule has 0 amide bonds. The van der Waals surface area contributed by atoms with Gasteiger partial charge in [-0.15, -0.1) is 0 Å². The molecular formula is C12H12. The Labute approximate surface area is 89.7 Å². The Bertz CT molecular complexity index is 843. The molecule has 2 rings (SSSR count). The van der Waals surface area contributed by atoms with Crippen LogP contribution in [0.25, 0.3) is 10.8 Å². The summed E-state index contributed by atoms with van der Waals surface area (Å²) in [6, 6.07) is -4.44. The molecule has 0 radical (unpaired) electrons. The van der Waals surface area contributed by atoms with Crippen LogP contribution in [0.4, 0.5) is 0 Å². The maximum absolute atomic E-state index is 7.95. The SMILES string of the molecule is [2H]c1c([2H])c([2H])c2c(C([2H])([2H])[2H])c(C([2H])([2H])[2H])c([2H])c([2H])c2c1[2H]. The molecule has 0 bridgehead atoms. The molecular weight excluding hydrogens is 144 g/mol. The van der Waals surface area contributed by atoms with Crippen LogP contribution in [-0.4, -0.2) is 0 Å². The topological polar surface area (TPSA) is 0 Å². The molecule has 0 unspecified atom stereocenters. The third kappa shape index (κ3) is 1.00. The highest BCUT2D eigenvalue weighted by molar-refractivity contribution is 5.86. The van der Waals surface area contributed by atoms with Crippen LogP contribution in [-0.2, 0) is 0 Å². The molecule has 0 saturated carbocycles. The van der Waals surface area contributed by atoms with Gasteiger partial charge in [-0.2, -0.15) is 0 Å². The van der Waals surface area contributed by atoms with E-state index >= 15 is 0 Å². The van der Waals surface area contributed by atoms with Crippen LogP contribution in [0.1, 0.15) is 27.6 Å². The fourth-order valence-electron chi connectivity index (χ4n) is 0.906. The van der Waals surface area contributed by atoms with Crippen LogP contribution < -0.4 is 0 Å². The zero-order valence-electron chi connectivity index (χ0n) is 18.0. The van der Waals surface area contributed by atoms with Crippen molar-refractivity contribution in [3.8, 4) is 0 Å². The van der Waals surface area contributed by atoms with Crippen LogP contribution >= 0.6 is 0 Å². The number of rotatable bonds is 0. The summed E-state index contributed by atoms with van der Waals surface area (Å²) >= 11 is 0. The van der Waals surface area contributed by atoms with E-state index in [1.54, 1.807) is 0 Å². The lowest BCUT2D eigenvalue weighted by molar-refractivity contribution is 1.38. The maximum Gasteiger partial charge on any atom is 0.0629 e. The van der Waals surface area contributed by atoms with Gasteiger partial charge in [0.05, 0.1) is 8.22 Å². The summed E-state index contributed by atoms with van der Waals surface area (Å²) in [4.78, 5) is 0. The summed E-state index contributed by atoms with van der Waals surface area (Å²) in [5.74, 6) is 0. The van der Waals surface area contributed by atoms with Gasteiger partial charge in [-0.1, -0.05) is 36.3 Å². The van der Waals surface area contributed by atoms with Gasteiger partial charge in [0.1, 0.15) is 0 Å². The lowest BCUT2D eigenvalue weighted by atomic mass is 10.0. The summed E-state index contributed by atoms with van der Waals surface area (Å²) < 4.78 is 92.4. The van der Waals surface area contributed by atoms with Gasteiger partial charge < -0.3 is 0 Å². The van der Waals surface area contributed by atoms with Crippen molar-refractivity contribution in [2.24, 2.45) is 0 Å². The second-order valence-electron chi connectivity index (χ2n) is 2.25. The van der Waals surface area contributed by atoms with Crippen molar-refractivity contribution in [3.05, 3.63) is 47.4 Å². The van der Waals surface area contributed by atoms with E-state index in [-0.39, 0.29) is 0 Å². The number of aryl methyl sites for hydroxylation is 1. The Kier molecular flexibility index (Phi) is 0.393. The first-order chi connectivity index (χ1) is 10.7. The van der Waals surface area contributed by atoms with Crippen molar-refractivity contribution in [2.45, 2.75) is 13.7 Å². The van der Waals surface area contributed by atoms with Gasteiger partial charge in [0.15, 0.2) is 0 Å². The molecule has 0 heteroatoms. The maximum atomic E-state index is 7.95. The van der Waals surface area contributed by atoms with Crippen molar-refractivity contribution in [1.29, 1.82) is 0 Å². The molecule has 0 atom stereocenters. The van der Waals surface area contributed by atoms with Gasteiger partial charge in [-0.25, -0.2) is 0 Å². The molecule has 0 aliphatic heterocycles. The predicted molar refractivity (Wildman–Crippen MR) is 53.4 cm³/mol. The van der Waals surface area contributed by atoms with Crippen LogP contribution in [0.2, 0.25) is 0 Å². The average Bonchev–Trinajstić information content (AvgIpc) is 2.42. The Balaban J connectivity index is 3.33. The number of benzene rings is 2. The number of fused-ring (bicyclic) bond motifs is 1. The molecule has 0 heterocycles. The smallest absolute Gasteiger partial charge is 0.0616 e. The fourth-order valence-corrected chi connectivity index (χ4v) is 0.906. The minimum Gasteiger partial charge on any atom is -0.0616 e. The number of hydrogen-bond donors (Lipinski definition) is 0. The second-order valence-corrected chi connectivity index (χ2v) is 2.25. The minimum absolute atomic E-state index is 0.467. The Morgan fingerprint density at radius 2 is 2.00 bits per heavy atom. The quantitative estimate of drug-likeness (QED) is 0.565. The second kappa shape index (κ2) is 2.63. The predicted octanol–water partition coefficient (Wildman–Crippen LogP) is 3.46. The molecule has 0 spiro atoms. The van der Waals surface area contributed by atoms with Gasteiger partial charge in [0.25, 0.3) is 0 Å². The van der Waals surface area contributed by atoms with Crippen molar-refractivity contribution in [2.75, 3.05) is 0 Å².